The molecule has 2 N–H and O–H groups in total. The van der Waals surface area contributed by atoms with Gasteiger partial charge in [-0.2, -0.15) is 0 Å². The molecule has 0 saturated heterocycles. The Morgan fingerprint density at radius 3 is 2.60 bits per heavy atom. The maximum atomic E-state index is 12.9. The van der Waals surface area contributed by atoms with E-state index in [-0.39, 0.29) is 12.5 Å². The number of urea groups is 1. The summed E-state index contributed by atoms with van der Waals surface area (Å²) in [4.78, 5) is 27.1. The molecule has 2 aromatic carbocycles. The summed E-state index contributed by atoms with van der Waals surface area (Å²) < 4.78 is 16.4. The van der Waals surface area contributed by atoms with E-state index in [1.807, 2.05) is 20.8 Å². The van der Waals surface area contributed by atoms with Crippen LogP contribution in [0.5, 0.6) is 17.2 Å². The Morgan fingerprint density at radius 2 is 1.93 bits per heavy atom. The first kappa shape index (κ1) is 21.3. The van der Waals surface area contributed by atoms with Crippen molar-refractivity contribution in [1.82, 2.24) is 0 Å². The summed E-state index contributed by atoms with van der Waals surface area (Å²) in [6.07, 6.45) is 0. The van der Waals surface area contributed by atoms with Gasteiger partial charge in [-0.25, -0.2) is 4.79 Å². The van der Waals surface area contributed by atoms with Crippen molar-refractivity contribution < 1.29 is 23.8 Å². The Balaban J connectivity index is 1.83. The highest BCUT2D eigenvalue weighted by molar-refractivity contribution is 6.03. The monoisotopic (exact) mass is 413 g/mol. The molecule has 0 aromatic heterocycles. The third kappa shape index (κ3) is 4.12. The Labute approximate surface area is 176 Å². The van der Waals surface area contributed by atoms with E-state index >= 15 is 0 Å². The molecule has 1 aliphatic rings. The zero-order valence-corrected chi connectivity index (χ0v) is 17.9. The summed E-state index contributed by atoms with van der Waals surface area (Å²) in [6.45, 7) is 6.41. The Hall–Kier alpha value is -3.42. The second-order valence-electron chi connectivity index (χ2n) is 7.52. The first-order valence-electron chi connectivity index (χ1n) is 9.68. The predicted molar refractivity (Wildman–Crippen MR) is 116 cm³/mol. The second kappa shape index (κ2) is 8.52. The maximum Gasteiger partial charge on any atom is 0.323 e. The zero-order chi connectivity index (χ0) is 21.9. The zero-order valence-electron chi connectivity index (χ0n) is 17.9. The summed E-state index contributed by atoms with van der Waals surface area (Å²) in [5.74, 6) is 1.52. The third-order valence-electron chi connectivity index (χ3n) is 4.89. The molecule has 8 nitrogen and oxygen atoms in total. The number of benzene rings is 2. The van der Waals surface area contributed by atoms with Crippen LogP contribution in [0.1, 0.15) is 20.8 Å². The molecule has 2 aromatic rings. The normalized spacial score (nSPS) is 14.8. The van der Waals surface area contributed by atoms with Gasteiger partial charge in [-0.05, 0) is 51.1 Å². The number of carbonyl (C=O) groups is 2. The van der Waals surface area contributed by atoms with E-state index in [4.69, 9.17) is 14.2 Å². The van der Waals surface area contributed by atoms with Gasteiger partial charge in [0.15, 0.2) is 11.5 Å². The van der Waals surface area contributed by atoms with Crippen molar-refractivity contribution in [3.05, 3.63) is 36.4 Å². The van der Waals surface area contributed by atoms with Gasteiger partial charge in [-0.1, -0.05) is 6.07 Å². The van der Waals surface area contributed by atoms with Gasteiger partial charge in [0.05, 0.1) is 31.0 Å². The molecular formula is C22H27N3O5. The van der Waals surface area contributed by atoms with Crippen molar-refractivity contribution in [2.24, 2.45) is 5.41 Å². The number of methoxy groups -OCH3 is 2. The summed E-state index contributed by atoms with van der Waals surface area (Å²) >= 11 is 0. The number of nitrogens with one attached hydrogen (secondary N) is 2. The van der Waals surface area contributed by atoms with E-state index in [2.05, 4.69) is 10.6 Å². The molecule has 1 heterocycles. The fourth-order valence-electron chi connectivity index (χ4n) is 3.31. The fraction of sp³-hybridized carbons (Fsp3) is 0.364. The van der Waals surface area contributed by atoms with E-state index < -0.39 is 11.4 Å². The van der Waals surface area contributed by atoms with Crippen molar-refractivity contribution in [1.29, 1.82) is 0 Å². The first-order chi connectivity index (χ1) is 14.3. The minimum Gasteiger partial charge on any atom is -0.493 e. The topological polar surface area (TPSA) is 89.1 Å². The number of hydrogen-bond acceptors (Lipinski definition) is 5. The maximum absolute atomic E-state index is 12.9. The molecule has 0 fully saturated rings. The molecule has 0 spiro atoms. The van der Waals surface area contributed by atoms with Gasteiger partial charge in [-0.15, -0.1) is 0 Å². The van der Waals surface area contributed by atoms with Crippen LogP contribution in [0, 0.1) is 5.41 Å². The van der Waals surface area contributed by atoms with Crippen LogP contribution in [-0.4, -0.2) is 39.3 Å². The number of amides is 3. The number of carbonyl (C=O) groups excluding carboxylic acids is 2. The van der Waals surface area contributed by atoms with Crippen molar-refractivity contribution in [3.8, 4) is 17.2 Å². The summed E-state index contributed by atoms with van der Waals surface area (Å²) in [5.41, 5.74) is 0.996. The molecule has 3 rings (SSSR count). The Bertz CT molecular complexity index is 958. The van der Waals surface area contributed by atoms with Gasteiger partial charge in [0.2, 0.25) is 5.91 Å². The number of para-hydroxylation sites is 1. The highest BCUT2D eigenvalue weighted by atomic mass is 16.5. The quantitative estimate of drug-likeness (QED) is 0.770. The van der Waals surface area contributed by atoms with Crippen LogP contribution in [0.4, 0.5) is 21.9 Å². The van der Waals surface area contributed by atoms with E-state index in [1.165, 1.54) is 14.2 Å². The number of fused-ring (bicyclic) bond motifs is 1. The number of nitrogens with zero attached hydrogens (tertiary/aromatic N) is 1. The summed E-state index contributed by atoms with van der Waals surface area (Å²) in [7, 11) is 3.03. The molecular weight excluding hydrogens is 386 g/mol. The van der Waals surface area contributed by atoms with Gasteiger partial charge >= 0.3 is 6.03 Å². The molecule has 0 bridgehead atoms. The fourth-order valence-corrected chi connectivity index (χ4v) is 3.31. The lowest BCUT2D eigenvalue weighted by Gasteiger charge is -2.27. The van der Waals surface area contributed by atoms with Crippen molar-refractivity contribution in [3.63, 3.8) is 0 Å². The summed E-state index contributed by atoms with van der Waals surface area (Å²) in [5, 5.41) is 5.55. The van der Waals surface area contributed by atoms with Crippen molar-refractivity contribution in [2.45, 2.75) is 20.8 Å². The molecule has 160 valence electrons. The third-order valence-corrected chi connectivity index (χ3v) is 4.89. The van der Waals surface area contributed by atoms with Gasteiger partial charge in [0.1, 0.15) is 12.4 Å². The molecule has 0 aliphatic carbocycles. The average molecular weight is 413 g/mol. The highest BCUT2D eigenvalue weighted by Crippen LogP contribution is 2.38. The van der Waals surface area contributed by atoms with E-state index in [0.29, 0.717) is 40.9 Å². The second-order valence-corrected chi connectivity index (χ2v) is 7.52. The van der Waals surface area contributed by atoms with Gasteiger partial charge in [0.25, 0.3) is 0 Å². The number of ether oxygens (including phenoxy) is 3. The molecule has 30 heavy (non-hydrogen) atoms. The lowest BCUT2D eigenvalue weighted by molar-refractivity contribution is -0.127. The standard InChI is InChI=1S/C22H27N3O5/c1-6-25-16-12-14(10-11-17(16)30-13-22(2,3)20(25)26)23-21(27)24-15-8-7-9-18(28-4)19(15)29-5/h7-12H,6,13H2,1-5H3,(H2,23,24,27). The molecule has 0 atom stereocenters. The molecule has 8 heteroatoms. The minimum absolute atomic E-state index is 0.0218. The molecule has 1 aliphatic heterocycles. The van der Waals surface area contributed by atoms with Crippen LogP contribution in [0.15, 0.2) is 36.4 Å². The van der Waals surface area contributed by atoms with Gasteiger partial charge in [0, 0.05) is 12.2 Å². The lowest BCUT2D eigenvalue weighted by Crippen LogP contribution is -2.42. The molecule has 0 unspecified atom stereocenters. The van der Waals surface area contributed by atoms with Crippen LogP contribution >= 0.6 is 0 Å². The average Bonchev–Trinajstić information content (AvgIpc) is 2.81. The van der Waals surface area contributed by atoms with Gasteiger partial charge < -0.3 is 29.7 Å². The SMILES string of the molecule is CCN1C(=O)C(C)(C)COc2ccc(NC(=O)Nc3cccc(OC)c3OC)cc21. The lowest BCUT2D eigenvalue weighted by atomic mass is 9.93. The number of rotatable bonds is 5. The Kier molecular flexibility index (Phi) is 6.05. The van der Waals surface area contributed by atoms with Crippen LogP contribution < -0.4 is 29.7 Å². The van der Waals surface area contributed by atoms with E-state index in [1.54, 1.807) is 41.3 Å². The molecule has 0 radical (unpaired) electrons. The first-order valence-corrected chi connectivity index (χ1v) is 9.68. The van der Waals surface area contributed by atoms with E-state index in [9.17, 15) is 9.59 Å². The number of hydrogen-bond donors (Lipinski definition) is 2. The minimum atomic E-state index is -0.636. The van der Waals surface area contributed by atoms with Crippen LogP contribution in [0.25, 0.3) is 0 Å². The van der Waals surface area contributed by atoms with Crippen molar-refractivity contribution >= 4 is 29.0 Å². The van der Waals surface area contributed by atoms with Crippen molar-refractivity contribution in [2.75, 3.05) is 42.9 Å². The molecule has 3 amide bonds. The molecule has 0 saturated carbocycles. The van der Waals surface area contributed by atoms with E-state index in [0.717, 1.165) is 0 Å². The Morgan fingerprint density at radius 1 is 1.17 bits per heavy atom. The largest absolute Gasteiger partial charge is 0.493 e. The smallest absolute Gasteiger partial charge is 0.323 e. The van der Waals surface area contributed by atoms with Gasteiger partial charge in [-0.3, -0.25) is 4.79 Å². The number of anilines is 3. The highest BCUT2D eigenvalue weighted by Gasteiger charge is 2.37. The summed E-state index contributed by atoms with van der Waals surface area (Å²) in [6, 6.07) is 9.99. The van der Waals surface area contributed by atoms with Crippen LogP contribution in [-0.2, 0) is 4.79 Å². The van der Waals surface area contributed by atoms with Crippen LogP contribution in [0.3, 0.4) is 0 Å². The van der Waals surface area contributed by atoms with Crippen LogP contribution in [0.2, 0.25) is 0 Å². The predicted octanol–water partition coefficient (Wildman–Crippen LogP) is 4.12.